The van der Waals surface area contributed by atoms with Crippen molar-refractivity contribution >= 4 is 8.25 Å². The van der Waals surface area contributed by atoms with Gasteiger partial charge in [-0.25, -0.2) is 4.57 Å². The van der Waals surface area contributed by atoms with E-state index in [2.05, 4.69) is 9.05 Å². The Balaban J connectivity index is 2.34. The highest BCUT2D eigenvalue weighted by Gasteiger charge is 2.15. The summed E-state index contributed by atoms with van der Waals surface area (Å²) in [5.74, 6) is 0. The Kier molecular flexibility index (Phi) is 1.91. The molecule has 1 heterocycles. The van der Waals surface area contributed by atoms with Gasteiger partial charge in [-0.15, -0.1) is 0 Å². The molecule has 0 saturated carbocycles. The monoisotopic (exact) mass is 136 g/mol. The van der Waals surface area contributed by atoms with Crippen LogP contribution in [-0.2, 0) is 13.6 Å². The van der Waals surface area contributed by atoms with Crippen LogP contribution in [0.4, 0.5) is 0 Å². The average Bonchev–Trinajstić information content (AvgIpc) is 1.64. The second-order valence-corrected chi connectivity index (χ2v) is 2.41. The lowest BCUT2D eigenvalue weighted by atomic mass is 10.4. The Labute approximate surface area is 47.9 Å². The molecule has 4 nitrogen and oxygen atoms in total. The standard InChI is InChI=1S/C3H7NO3P/c4-3-1-2-6-8(5)7-3/h3H,1-2,4H2. The Morgan fingerprint density at radius 2 is 2.50 bits per heavy atom. The first-order valence-corrected chi connectivity index (χ1v) is 3.41. The number of hydrogen-bond acceptors (Lipinski definition) is 4. The van der Waals surface area contributed by atoms with Gasteiger partial charge in [-0.2, -0.15) is 0 Å². The van der Waals surface area contributed by atoms with Crippen LogP contribution in [-0.4, -0.2) is 12.8 Å². The van der Waals surface area contributed by atoms with Crippen LogP contribution < -0.4 is 5.73 Å². The second-order valence-electron chi connectivity index (χ2n) is 1.49. The summed E-state index contributed by atoms with van der Waals surface area (Å²) in [6.07, 6.45) is 0.230. The lowest BCUT2D eigenvalue weighted by molar-refractivity contribution is 0.101. The van der Waals surface area contributed by atoms with Crippen molar-refractivity contribution < 1.29 is 13.6 Å². The smallest absolute Gasteiger partial charge is 0.305 e. The molecular formula is C3H7NO3P. The Hall–Kier alpha value is -0.0200. The molecule has 2 unspecified atom stereocenters. The largest absolute Gasteiger partial charge is 0.370 e. The van der Waals surface area contributed by atoms with E-state index in [1.165, 1.54) is 0 Å². The zero-order valence-corrected chi connectivity index (χ0v) is 5.14. The van der Waals surface area contributed by atoms with Crippen molar-refractivity contribution in [3.05, 3.63) is 0 Å². The van der Waals surface area contributed by atoms with E-state index in [1.54, 1.807) is 0 Å². The third-order valence-corrected chi connectivity index (χ3v) is 1.66. The molecule has 2 atom stereocenters. The predicted octanol–water partition coefficient (Wildman–Crippen LogP) is 0.365. The summed E-state index contributed by atoms with van der Waals surface area (Å²) in [6.45, 7) is 0.441. The molecule has 0 aliphatic carbocycles. The average molecular weight is 136 g/mol. The van der Waals surface area contributed by atoms with Gasteiger partial charge in [0.25, 0.3) is 0 Å². The molecule has 1 fully saturated rings. The summed E-state index contributed by atoms with van der Waals surface area (Å²) in [5, 5.41) is 0. The van der Waals surface area contributed by atoms with E-state index in [4.69, 9.17) is 5.73 Å². The predicted molar refractivity (Wildman–Crippen MR) is 27.2 cm³/mol. The molecular weight excluding hydrogens is 129 g/mol. The van der Waals surface area contributed by atoms with Gasteiger partial charge >= 0.3 is 8.25 Å². The fourth-order valence-electron chi connectivity index (χ4n) is 0.437. The molecule has 1 aliphatic heterocycles. The summed E-state index contributed by atoms with van der Waals surface area (Å²) < 4.78 is 19.4. The third kappa shape index (κ3) is 1.49. The van der Waals surface area contributed by atoms with Crippen molar-refractivity contribution in [2.24, 2.45) is 5.73 Å². The van der Waals surface area contributed by atoms with Crippen LogP contribution in [0.15, 0.2) is 0 Å². The number of nitrogens with two attached hydrogens (primary N) is 1. The normalized spacial score (nSPS) is 35.1. The van der Waals surface area contributed by atoms with Crippen LogP contribution in [0.25, 0.3) is 0 Å². The van der Waals surface area contributed by atoms with Gasteiger partial charge in [-0.3, -0.25) is 9.05 Å². The van der Waals surface area contributed by atoms with Crippen LogP contribution in [0.5, 0.6) is 0 Å². The summed E-state index contributed by atoms with van der Waals surface area (Å²) in [4.78, 5) is 0. The molecule has 47 valence electrons. The molecule has 0 bridgehead atoms. The van der Waals surface area contributed by atoms with E-state index in [1.807, 2.05) is 0 Å². The lowest BCUT2D eigenvalue weighted by Crippen LogP contribution is -2.25. The maximum atomic E-state index is 10.3. The van der Waals surface area contributed by atoms with Crippen molar-refractivity contribution in [2.45, 2.75) is 12.6 Å². The van der Waals surface area contributed by atoms with Crippen molar-refractivity contribution in [1.29, 1.82) is 0 Å². The van der Waals surface area contributed by atoms with Crippen molar-refractivity contribution in [1.82, 2.24) is 0 Å². The highest BCUT2D eigenvalue weighted by molar-refractivity contribution is 7.33. The topological polar surface area (TPSA) is 61.5 Å². The van der Waals surface area contributed by atoms with E-state index in [0.29, 0.717) is 13.0 Å². The van der Waals surface area contributed by atoms with E-state index in [-0.39, 0.29) is 0 Å². The van der Waals surface area contributed by atoms with E-state index in [9.17, 15) is 4.57 Å². The minimum atomic E-state index is -1.91. The van der Waals surface area contributed by atoms with Crippen molar-refractivity contribution in [2.75, 3.05) is 6.61 Å². The molecule has 1 saturated heterocycles. The molecule has 8 heavy (non-hydrogen) atoms. The van der Waals surface area contributed by atoms with E-state index < -0.39 is 14.5 Å². The molecule has 0 amide bonds. The van der Waals surface area contributed by atoms with Crippen LogP contribution >= 0.6 is 8.25 Å². The lowest BCUT2D eigenvalue weighted by Gasteiger charge is -2.15. The van der Waals surface area contributed by atoms with Gasteiger partial charge in [0.2, 0.25) is 0 Å². The van der Waals surface area contributed by atoms with Gasteiger partial charge in [0.15, 0.2) is 0 Å². The molecule has 5 heteroatoms. The SMILES string of the molecule is NC1CCO[P](=O)O1. The zero-order valence-electron chi connectivity index (χ0n) is 4.24. The fourth-order valence-corrected chi connectivity index (χ4v) is 1.08. The minimum Gasteiger partial charge on any atom is -0.305 e. The number of hydrogen-bond donors (Lipinski definition) is 1. The first kappa shape index (κ1) is 6.11. The van der Waals surface area contributed by atoms with Crippen LogP contribution in [0.1, 0.15) is 6.42 Å². The highest BCUT2D eigenvalue weighted by atomic mass is 31.1. The minimum absolute atomic E-state index is 0.396. The summed E-state index contributed by atoms with van der Waals surface area (Å²) in [6, 6.07) is 0. The first-order chi connectivity index (χ1) is 3.79. The second kappa shape index (κ2) is 2.51. The van der Waals surface area contributed by atoms with Crippen LogP contribution in [0.2, 0.25) is 0 Å². The number of rotatable bonds is 0. The maximum Gasteiger partial charge on any atom is 0.370 e. The summed E-state index contributed by atoms with van der Waals surface area (Å²) in [7, 11) is -1.91. The quantitative estimate of drug-likeness (QED) is 0.488. The van der Waals surface area contributed by atoms with Crippen LogP contribution in [0, 0.1) is 0 Å². The molecule has 0 aromatic rings. The molecule has 1 aliphatic rings. The third-order valence-electron chi connectivity index (χ3n) is 0.821. The molecule has 1 radical (unpaired) electrons. The van der Waals surface area contributed by atoms with Crippen molar-refractivity contribution in [3.63, 3.8) is 0 Å². The van der Waals surface area contributed by atoms with Gasteiger partial charge < -0.3 is 5.73 Å². The summed E-state index contributed by atoms with van der Waals surface area (Å²) in [5.41, 5.74) is 5.24. The van der Waals surface area contributed by atoms with E-state index in [0.717, 1.165) is 0 Å². The fraction of sp³-hybridized carbons (Fsp3) is 1.00. The maximum absolute atomic E-state index is 10.3. The Bertz CT molecular complexity index is 107. The first-order valence-electron chi connectivity index (χ1n) is 2.31. The van der Waals surface area contributed by atoms with Crippen molar-refractivity contribution in [3.8, 4) is 0 Å². The molecule has 1 rings (SSSR count). The van der Waals surface area contributed by atoms with Gasteiger partial charge in [0.05, 0.1) is 6.61 Å². The molecule has 0 spiro atoms. The van der Waals surface area contributed by atoms with Gasteiger partial charge in [-0.05, 0) is 0 Å². The van der Waals surface area contributed by atoms with Gasteiger partial charge in [0.1, 0.15) is 6.23 Å². The Morgan fingerprint density at radius 3 is 2.88 bits per heavy atom. The zero-order chi connectivity index (χ0) is 5.98. The van der Waals surface area contributed by atoms with E-state index >= 15 is 0 Å². The van der Waals surface area contributed by atoms with Crippen LogP contribution in [0.3, 0.4) is 0 Å². The molecule has 0 aromatic carbocycles. The molecule has 0 aromatic heterocycles. The Morgan fingerprint density at radius 1 is 1.75 bits per heavy atom. The molecule has 2 N–H and O–H groups in total. The summed E-state index contributed by atoms with van der Waals surface area (Å²) >= 11 is 0. The van der Waals surface area contributed by atoms with Gasteiger partial charge in [-0.1, -0.05) is 0 Å². The highest BCUT2D eigenvalue weighted by Crippen LogP contribution is 2.29. The van der Waals surface area contributed by atoms with Gasteiger partial charge in [0, 0.05) is 6.42 Å².